The van der Waals surface area contributed by atoms with Crippen LogP contribution < -0.4 is 5.32 Å². The van der Waals surface area contributed by atoms with E-state index in [0.717, 1.165) is 47.4 Å². The van der Waals surface area contributed by atoms with E-state index in [-0.39, 0.29) is 11.9 Å². The van der Waals surface area contributed by atoms with Gasteiger partial charge in [-0.25, -0.2) is 0 Å². The summed E-state index contributed by atoms with van der Waals surface area (Å²) < 4.78 is 2.18. The summed E-state index contributed by atoms with van der Waals surface area (Å²) in [7, 11) is 4.13. The van der Waals surface area contributed by atoms with Crippen LogP contribution in [0.5, 0.6) is 0 Å². The molecule has 1 unspecified atom stereocenters. The van der Waals surface area contributed by atoms with Gasteiger partial charge in [0.15, 0.2) is 11.0 Å². The normalized spacial score (nSPS) is 12.4. The Morgan fingerprint density at radius 1 is 1.29 bits per heavy atom. The molecule has 2 aromatic rings. The smallest absolute Gasteiger partial charge is 0.234 e. The molecule has 0 saturated heterocycles. The molecule has 0 aliphatic rings. The van der Waals surface area contributed by atoms with E-state index in [0.29, 0.717) is 5.75 Å². The van der Waals surface area contributed by atoms with Crippen LogP contribution in [0.15, 0.2) is 34.3 Å². The van der Waals surface area contributed by atoms with Gasteiger partial charge < -0.3 is 9.88 Å². The molecule has 28 heavy (non-hydrogen) atoms. The molecule has 0 bridgehead atoms. The number of aromatic nitrogens is 3. The largest absolute Gasteiger partial charge is 0.325 e. The third-order valence-corrected chi connectivity index (χ3v) is 6.17. The van der Waals surface area contributed by atoms with Crippen LogP contribution in [-0.2, 0) is 11.3 Å². The Morgan fingerprint density at radius 2 is 2.07 bits per heavy atom. The first-order valence-electron chi connectivity index (χ1n) is 9.66. The number of nitrogens with zero attached hydrogens (tertiary/aromatic N) is 4. The Hall–Kier alpha value is -1.51. The van der Waals surface area contributed by atoms with Crippen molar-refractivity contribution in [2.24, 2.45) is 0 Å². The maximum atomic E-state index is 12.4. The fourth-order valence-corrected chi connectivity index (χ4v) is 4.22. The molecule has 1 aromatic heterocycles. The number of carbonyl (C=O) groups is 1. The lowest BCUT2D eigenvalue weighted by atomic mass is 10.2. The van der Waals surface area contributed by atoms with E-state index in [9.17, 15) is 4.79 Å². The monoisotopic (exact) mass is 421 g/mol. The molecule has 2 rings (SSSR count). The quantitative estimate of drug-likeness (QED) is 0.537. The number of unbranched alkanes of at least 4 members (excludes halogenated alkanes) is 1. The molecule has 0 spiro atoms. The lowest BCUT2D eigenvalue weighted by Gasteiger charge is -2.23. The zero-order valence-corrected chi connectivity index (χ0v) is 19.1. The summed E-state index contributed by atoms with van der Waals surface area (Å²) in [5, 5.41) is 12.6. The summed E-state index contributed by atoms with van der Waals surface area (Å²) in [4.78, 5) is 15.7. The molecule has 1 heterocycles. The molecule has 0 aliphatic carbocycles. The molecule has 6 nitrogen and oxygen atoms in total. The second kappa shape index (κ2) is 11.5. The summed E-state index contributed by atoms with van der Waals surface area (Å²) in [6.07, 6.45) is 5.16. The highest BCUT2D eigenvalue weighted by Gasteiger charge is 2.22. The van der Waals surface area contributed by atoms with Crippen molar-refractivity contribution in [3.8, 4) is 0 Å². The predicted octanol–water partition coefficient (Wildman–Crippen LogP) is 4.54. The van der Waals surface area contributed by atoms with Crippen LogP contribution in [0.3, 0.4) is 0 Å². The lowest BCUT2D eigenvalue weighted by molar-refractivity contribution is -0.113. The van der Waals surface area contributed by atoms with Gasteiger partial charge in [-0.3, -0.25) is 9.69 Å². The van der Waals surface area contributed by atoms with E-state index >= 15 is 0 Å². The molecule has 0 radical (unpaired) electrons. The molecule has 1 atom stereocenters. The first-order valence-corrected chi connectivity index (χ1v) is 11.9. The number of hydrogen-bond donors (Lipinski definition) is 1. The van der Waals surface area contributed by atoms with Gasteiger partial charge in [0, 0.05) is 17.1 Å². The van der Waals surface area contributed by atoms with Crippen LogP contribution >= 0.6 is 23.5 Å². The zero-order chi connectivity index (χ0) is 20.5. The summed E-state index contributed by atoms with van der Waals surface area (Å²) in [5.74, 6) is 1.26. The van der Waals surface area contributed by atoms with Gasteiger partial charge >= 0.3 is 0 Å². The highest BCUT2D eigenvalue weighted by molar-refractivity contribution is 7.99. The van der Waals surface area contributed by atoms with Gasteiger partial charge in [0.2, 0.25) is 5.91 Å². The number of amides is 1. The number of anilines is 1. The lowest BCUT2D eigenvalue weighted by Crippen LogP contribution is -2.23. The van der Waals surface area contributed by atoms with E-state index in [2.05, 4.69) is 52.9 Å². The van der Waals surface area contributed by atoms with Crippen LogP contribution in [0.1, 0.15) is 45.0 Å². The van der Waals surface area contributed by atoms with Gasteiger partial charge in [0.25, 0.3) is 0 Å². The first kappa shape index (κ1) is 22.8. The Bertz CT molecular complexity index is 763. The first-order chi connectivity index (χ1) is 13.5. The molecule has 0 aliphatic heterocycles. The molecule has 8 heteroatoms. The second-order valence-corrected chi connectivity index (χ2v) is 8.62. The highest BCUT2D eigenvalue weighted by Crippen LogP contribution is 2.26. The summed E-state index contributed by atoms with van der Waals surface area (Å²) >= 11 is 3.11. The van der Waals surface area contributed by atoms with E-state index in [4.69, 9.17) is 0 Å². The van der Waals surface area contributed by atoms with Crippen molar-refractivity contribution in [1.82, 2.24) is 19.7 Å². The van der Waals surface area contributed by atoms with Crippen LogP contribution in [0.2, 0.25) is 0 Å². The standard InChI is InChI=1S/C20H31N5OS2/c1-6-8-12-25-19(17(7-2)24(3)4)22-23-20(25)28-14-18(26)21-15-10-9-11-16(13-15)27-5/h9-11,13,17H,6-8,12,14H2,1-5H3,(H,21,26). The maximum absolute atomic E-state index is 12.4. The number of hydrogen-bond acceptors (Lipinski definition) is 6. The summed E-state index contributed by atoms with van der Waals surface area (Å²) in [6.45, 7) is 5.21. The van der Waals surface area contributed by atoms with Crippen molar-refractivity contribution in [2.45, 2.75) is 55.7 Å². The van der Waals surface area contributed by atoms with E-state index < -0.39 is 0 Å². The molecule has 1 amide bonds. The minimum absolute atomic E-state index is 0.0329. The molecule has 1 N–H and O–H groups in total. The van der Waals surface area contributed by atoms with Gasteiger partial charge in [-0.1, -0.05) is 38.1 Å². The fourth-order valence-electron chi connectivity index (χ4n) is 2.99. The Labute approximate surface area is 176 Å². The maximum Gasteiger partial charge on any atom is 0.234 e. The van der Waals surface area contributed by atoms with Crippen molar-refractivity contribution < 1.29 is 4.79 Å². The summed E-state index contributed by atoms with van der Waals surface area (Å²) in [6, 6.07) is 8.10. The Balaban J connectivity index is 2.07. The van der Waals surface area contributed by atoms with Crippen LogP contribution in [-0.4, -0.2) is 51.7 Å². The van der Waals surface area contributed by atoms with Crippen LogP contribution in [0.4, 0.5) is 5.69 Å². The predicted molar refractivity (Wildman–Crippen MR) is 119 cm³/mol. The third kappa shape index (κ3) is 6.25. The third-order valence-electron chi connectivity index (χ3n) is 4.47. The van der Waals surface area contributed by atoms with Crippen molar-refractivity contribution in [1.29, 1.82) is 0 Å². The van der Waals surface area contributed by atoms with Crippen molar-refractivity contribution in [2.75, 3.05) is 31.4 Å². The minimum atomic E-state index is -0.0329. The van der Waals surface area contributed by atoms with Gasteiger partial charge in [-0.2, -0.15) is 0 Å². The highest BCUT2D eigenvalue weighted by atomic mass is 32.2. The average molecular weight is 422 g/mol. The zero-order valence-electron chi connectivity index (χ0n) is 17.4. The van der Waals surface area contributed by atoms with E-state index in [1.165, 1.54) is 11.8 Å². The van der Waals surface area contributed by atoms with Crippen molar-refractivity contribution >= 4 is 35.1 Å². The second-order valence-electron chi connectivity index (χ2n) is 6.80. The molecule has 154 valence electrons. The van der Waals surface area contributed by atoms with E-state index in [1.54, 1.807) is 11.8 Å². The van der Waals surface area contributed by atoms with Gasteiger partial charge in [0.1, 0.15) is 0 Å². The number of thioether (sulfide) groups is 2. The van der Waals surface area contributed by atoms with Crippen molar-refractivity contribution in [3.63, 3.8) is 0 Å². The van der Waals surface area contributed by atoms with E-state index in [1.807, 2.05) is 30.5 Å². The molecular formula is C20H31N5OS2. The summed E-state index contributed by atoms with van der Waals surface area (Å²) in [5.41, 5.74) is 0.823. The fraction of sp³-hybridized carbons (Fsp3) is 0.550. The Morgan fingerprint density at radius 3 is 2.71 bits per heavy atom. The number of nitrogens with one attached hydrogen (secondary N) is 1. The average Bonchev–Trinajstić information content (AvgIpc) is 3.07. The topological polar surface area (TPSA) is 63.1 Å². The SMILES string of the molecule is CCCCn1c(SCC(=O)Nc2cccc(SC)c2)nnc1C(CC)N(C)C. The Kier molecular flexibility index (Phi) is 9.34. The van der Waals surface area contributed by atoms with Gasteiger partial charge in [-0.05, 0) is 51.4 Å². The molecule has 0 saturated carbocycles. The van der Waals surface area contributed by atoms with Crippen LogP contribution in [0.25, 0.3) is 0 Å². The molecular weight excluding hydrogens is 390 g/mol. The number of rotatable bonds is 11. The molecule has 1 aromatic carbocycles. The van der Waals surface area contributed by atoms with Gasteiger partial charge in [-0.15, -0.1) is 22.0 Å². The van der Waals surface area contributed by atoms with Crippen molar-refractivity contribution in [3.05, 3.63) is 30.1 Å². The minimum Gasteiger partial charge on any atom is -0.325 e. The number of benzene rings is 1. The van der Waals surface area contributed by atoms with Crippen LogP contribution in [0, 0.1) is 0 Å². The van der Waals surface area contributed by atoms with Gasteiger partial charge in [0.05, 0.1) is 11.8 Å². The molecule has 0 fully saturated rings. The number of carbonyl (C=O) groups excluding carboxylic acids is 1.